The number of allylic oxidation sites excluding steroid dienone is 4. The van der Waals surface area contributed by atoms with Crippen LogP contribution >= 0.6 is 0 Å². The van der Waals surface area contributed by atoms with Crippen molar-refractivity contribution < 1.29 is 15.0 Å². The van der Waals surface area contributed by atoms with Crippen molar-refractivity contribution in [1.82, 2.24) is 0 Å². The third-order valence-electron chi connectivity index (χ3n) is 11.3. The van der Waals surface area contributed by atoms with Crippen molar-refractivity contribution in [3.8, 4) is 11.1 Å². The summed E-state index contributed by atoms with van der Waals surface area (Å²) in [6.07, 6.45) is 9.57. The van der Waals surface area contributed by atoms with Crippen molar-refractivity contribution in [2.45, 2.75) is 65.5 Å². The fourth-order valence-electron chi connectivity index (χ4n) is 8.68. The topological polar surface area (TPSA) is 69.6 Å². The molecule has 6 aromatic rings. The van der Waals surface area contributed by atoms with Gasteiger partial charge in [0.2, 0.25) is 0 Å². The van der Waals surface area contributed by atoms with E-state index in [4.69, 9.17) is 0 Å². The molecule has 0 bridgehead atoms. The van der Waals surface area contributed by atoms with E-state index in [1.54, 1.807) is 35.9 Å². The van der Waals surface area contributed by atoms with Crippen molar-refractivity contribution in [1.29, 1.82) is 0 Å². The average molecular weight is 710 g/mol. The van der Waals surface area contributed by atoms with Crippen LogP contribution in [0, 0.1) is 12.3 Å². The number of anilines is 1. The Bertz CT molecular complexity index is 2530. The molecule has 1 unspecified atom stereocenters. The number of benzene rings is 6. The van der Waals surface area contributed by atoms with Gasteiger partial charge in [-0.15, -0.1) is 0 Å². The molecule has 0 heterocycles. The summed E-state index contributed by atoms with van der Waals surface area (Å²) in [6, 6.07) is 37.1. The van der Waals surface area contributed by atoms with Gasteiger partial charge in [0, 0.05) is 23.2 Å². The molecule has 0 aromatic heterocycles. The van der Waals surface area contributed by atoms with Crippen LogP contribution in [-0.2, 0) is 12.0 Å². The maximum Gasteiger partial charge on any atom is 0.335 e. The van der Waals surface area contributed by atoms with E-state index in [0.717, 1.165) is 56.9 Å². The van der Waals surface area contributed by atoms with Crippen LogP contribution in [0.1, 0.15) is 90.4 Å². The molecule has 2 aliphatic rings. The first kappa shape index (κ1) is 35.3. The molecule has 6 aromatic carbocycles. The van der Waals surface area contributed by atoms with Gasteiger partial charge >= 0.3 is 5.97 Å². The highest BCUT2D eigenvalue weighted by molar-refractivity contribution is 6.05. The minimum Gasteiger partial charge on any atom is -0.478 e. The number of rotatable bonds is 8. The minimum absolute atomic E-state index is 0.0749. The van der Waals surface area contributed by atoms with E-state index in [2.05, 4.69) is 125 Å². The van der Waals surface area contributed by atoms with Gasteiger partial charge in [0.15, 0.2) is 0 Å². The monoisotopic (exact) mass is 709 g/mol. The standard InChI is InChI=1S/C50H47NO3/c1-31-10-12-33(13-11-31)30-51-43-27-37(26-36-20-22-42-39-24-25-49(2,3)28-38(39)29-50(4,5)47(42)45(36)43)41-21-19-34-8-6-7-9-40(34)46(41)44(52)23-16-32-14-17-35(18-15-32)48(53)54/h6-27,44,51-52H,28-30H2,1-5H3,(H,53,54). The van der Waals surface area contributed by atoms with Gasteiger partial charge in [-0.05, 0) is 110 Å². The molecular formula is C50H47NO3. The Balaban J connectivity index is 1.30. The first-order valence-corrected chi connectivity index (χ1v) is 18.9. The molecule has 0 radical (unpaired) electrons. The maximum atomic E-state index is 12.0. The first-order chi connectivity index (χ1) is 25.9. The molecule has 0 aliphatic heterocycles. The Morgan fingerprint density at radius 2 is 1.56 bits per heavy atom. The summed E-state index contributed by atoms with van der Waals surface area (Å²) < 4.78 is 0. The second-order valence-electron chi connectivity index (χ2n) is 16.5. The van der Waals surface area contributed by atoms with Crippen molar-refractivity contribution in [3.05, 3.63) is 172 Å². The second-order valence-corrected chi connectivity index (χ2v) is 16.5. The van der Waals surface area contributed by atoms with Gasteiger partial charge in [-0.1, -0.05) is 148 Å². The zero-order chi connectivity index (χ0) is 37.8. The number of hydrogen-bond acceptors (Lipinski definition) is 3. The number of aryl methyl sites for hydroxylation is 1. The maximum absolute atomic E-state index is 12.0. The molecule has 4 heteroatoms. The molecule has 0 amide bonds. The van der Waals surface area contributed by atoms with Gasteiger partial charge in [0.1, 0.15) is 0 Å². The molecule has 0 saturated heterocycles. The number of carboxylic acid groups (broad SMARTS) is 1. The summed E-state index contributed by atoms with van der Waals surface area (Å²) in [6.45, 7) is 12.3. The number of carbonyl (C=O) groups is 1. The highest BCUT2D eigenvalue weighted by Gasteiger charge is 2.37. The highest BCUT2D eigenvalue weighted by Crippen LogP contribution is 2.52. The van der Waals surface area contributed by atoms with Crippen LogP contribution < -0.4 is 5.32 Å². The molecule has 0 saturated carbocycles. The summed E-state index contributed by atoms with van der Waals surface area (Å²) >= 11 is 0. The Morgan fingerprint density at radius 3 is 2.31 bits per heavy atom. The fraction of sp³-hybridized carbons (Fsp3) is 0.220. The van der Waals surface area contributed by atoms with Crippen molar-refractivity contribution in [3.63, 3.8) is 0 Å². The van der Waals surface area contributed by atoms with Crippen LogP contribution in [0.15, 0.2) is 133 Å². The van der Waals surface area contributed by atoms with Gasteiger partial charge in [0.25, 0.3) is 0 Å². The lowest BCUT2D eigenvalue weighted by atomic mass is 9.64. The van der Waals surface area contributed by atoms with Gasteiger partial charge in [-0.2, -0.15) is 0 Å². The van der Waals surface area contributed by atoms with Crippen molar-refractivity contribution in [2.24, 2.45) is 5.41 Å². The molecule has 4 nitrogen and oxygen atoms in total. The predicted octanol–water partition coefficient (Wildman–Crippen LogP) is 12.4. The lowest BCUT2D eigenvalue weighted by molar-refractivity contribution is 0.0697. The number of fused-ring (bicyclic) bond motifs is 5. The van der Waals surface area contributed by atoms with Crippen LogP contribution in [0.2, 0.25) is 0 Å². The zero-order valence-corrected chi connectivity index (χ0v) is 31.7. The van der Waals surface area contributed by atoms with E-state index in [0.29, 0.717) is 6.54 Å². The Hall–Kier alpha value is -5.71. The summed E-state index contributed by atoms with van der Waals surface area (Å²) in [5, 5.41) is 29.7. The van der Waals surface area contributed by atoms with Crippen LogP contribution in [0.5, 0.6) is 0 Å². The van der Waals surface area contributed by atoms with E-state index in [1.165, 1.54) is 33.2 Å². The number of carboxylic acids is 1. The Morgan fingerprint density at radius 1 is 0.833 bits per heavy atom. The molecule has 8 rings (SSSR count). The van der Waals surface area contributed by atoms with E-state index < -0.39 is 12.1 Å². The van der Waals surface area contributed by atoms with E-state index >= 15 is 0 Å². The molecule has 1 atom stereocenters. The predicted molar refractivity (Wildman–Crippen MR) is 225 cm³/mol. The van der Waals surface area contributed by atoms with Gasteiger partial charge in [-0.25, -0.2) is 4.79 Å². The van der Waals surface area contributed by atoms with E-state index in [1.807, 2.05) is 18.2 Å². The quantitative estimate of drug-likeness (QED) is 0.147. The highest BCUT2D eigenvalue weighted by atomic mass is 16.4. The van der Waals surface area contributed by atoms with Crippen LogP contribution in [0.4, 0.5) is 5.69 Å². The summed E-state index contributed by atoms with van der Waals surface area (Å²) in [5.41, 5.74) is 13.1. The largest absolute Gasteiger partial charge is 0.478 e. The van der Waals surface area contributed by atoms with Gasteiger partial charge in [0.05, 0.1) is 11.7 Å². The average Bonchev–Trinajstić information content (AvgIpc) is 3.15. The lowest BCUT2D eigenvalue weighted by Crippen LogP contribution is -2.28. The number of aromatic carboxylic acids is 1. The minimum atomic E-state index is -0.963. The van der Waals surface area contributed by atoms with E-state index in [-0.39, 0.29) is 16.4 Å². The van der Waals surface area contributed by atoms with E-state index in [9.17, 15) is 15.0 Å². The number of aliphatic hydroxyl groups is 1. The molecular weight excluding hydrogens is 663 g/mol. The van der Waals surface area contributed by atoms with Crippen LogP contribution in [-0.4, -0.2) is 16.2 Å². The first-order valence-electron chi connectivity index (χ1n) is 18.9. The third kappa shape index (κ3) is 6.67. The third-order valence-corrected chi connectivity index (χ3v) is 11.3. The van der Waals surface area contributed by atoms with Gasteiger partial charge < -0.3 is 15.5 Å². The molecule has 0 fully saturated rings. The Kier molecular flexibility index (Phi) is 8.90. The van der Waals surface area contributed by atoms with Gasteiger partial charge in [-0.3, -0.25) is 0 Å². The van der Waals surface area contributed by atoms with Crippen molar-refractivity contribution in [2.75, 3.05) is 5.32 Å². The number of aliphatic hydroxyl groups excluding tert-OH is 1. The molecule has 0 spiro atoms. The number of nitrogens with one attached hydrogen (secondary N) is 1. The zero-order valence-electron chi connectivity index (χ0n) is 31.7. The number of hydrogen-bond donors (Lipinski definition) is 3. The lowest BCUT2D eigenvalue weighted by Gasteiger charge is -2.40. The SMILES string of the molecule is Cc1ccc(CNc2cc(-c3ccc4ccccc4c3C(O)C=Cc3ccc(C(=O)O)cc3)cc3ccc4c(c23)C(C)(C)CC2=C4C=CC(C)(C)C2)cc1. The summed E-state index contributed by atoms with van der Waals surface area (Å²) in [5.74, 6) is -0.963. The Labute approximate surface area is 318 Å². The molecule has 270 valence electrons. The van der Waals surface area contributed by atoms with Crippen LogP contribution in [0.3, 0.4) is 0 Å². The molecule has 54 heavy (non-hydrogen) atoms. The van der Waals surface area contributed by atoms with Crippen molar-refractivity contribution >= 4 is 44.9 Å². The van der Waals surface area contributed by atoms with Crippen LogP contribution in [0.25, 0.3) is 44.3 Å². The molecule has 3 N–H and O–H groups in total. The summed E-state index contributed by atoms with van der Waals surface area (Å²) in [7, 11) is 0. The fourth-order valence-corrected chi connectivity index (χ4v) is 8.68. The summed E-state index contributed by atoms with van der Waals surface area (Å²) in [4.78, 5) is 11.4. The molecule has 2 aliphatic carbocycles. The second kappa shape index (κ2) is 13.6. The normalized spacial score (nSPS) is 16.4. The smallest absolute Gasteiger partial charge is 0.335 e.